The monoisotopic (exact) mass is 630 g/mol. The van der Waals surface area contributed by atoms with Crippen LogP contribution < -0.4 is 5.56 Å². The van der Waals surface area contributed by atoms with Gasteiger partial charge < -0.3 is 19.9 Å². The minimum absolute atomic E-state index is 0.00623. The predicted molar refractivity (Wildman–Crippen MR) is 165 cm³/mol. The standard InChI is InChI=1S/C16H17N3O5S.C16H13NO3/c1-9-10(15(20)11-8-17-19(2)16(11)21)4-5-13(25(3,22)23)14(9)12-6-7-24-18-12;18-15(19)14-11-16(20-17-14,12-7-3-1-4-8-12)13-9-5-2-6-10-13/h4-5,8,17H,6-7H2,1-3H3;1-10H,11H2,(H,18,19). The highest BCUT2D eigenvalue weighted by molar-refractivity contribution is 7.90. The number of aryl methyl sites for hydroxylation is 1. The van der Waals surface area contributed by atoms with E-state index in [-0.39, 0.29) is 28.2 Å². The third-order valence-corrected chi connectivity index (χ3v) is 8.74. The Balaban J connectivity index is 0.000000182. The van der Waals surface area contributed by atoms with Crippen LogP contribution in [-0.2, 0) is 37.0 Å². The molecule has 0 unspecified atom stereocenters. The van der Waals surface area contributed by atoms with Gasteiger partial charge in [-0.05, 0) is 24.6 Å². The Hall–Kier alpha value is -5.30. The normalized spacial score (nSPS) is 15.2. The zero-order chi connectivity index (χ0) is 32.4. The van der Waals surface area contributed by atoms with Crippen LogP contribution in [0.5, 0.6) is 0 Å². The molecule has 0 atom stereocenters. The van der Waals surface area contributed by atoms with Crippen LogP contribution in [-0.4, -0.2) is 59.3 Å². The van der Waals surface area contributed by atoms with Gasteiger partial charge in [-0.15, -0.1) is 0 Å². The molecule has 3 heterocycles. The maximum Gasteiger partial charge on any atom is 0.353 e. The second kappa shape index (κ2) is 12.4. The van der Waals surface area contributed by atoms with Crippen LogP contribution in [0.2, 0.25) is 0 Å². The van der Waals surface area contributed by atoms with Crippen LogP contribution >= 0.6 is 0 Å². The third-order valence-electron chi connectivity index (χ3n) is 7.60. The quantitative estimate of drug-likeness (QED) is 0.292. The van der Waals surface area contributed by atoms with Crippen molar-refractivity contribution < 1.29 is 32.8 Å². The first-order chi connectivity index (χ1) is 21.4. The lowest BCUT2D eigenvalue weighted by atomic mass is 9.82. The molecular weight excluding hydrogens is 600 g/mol. The molecule has 0 spiro atoms. The molecule has 0 saturated carbocycles. The molecule has 0 radical (unpaired) electrons. The van der Waals surface area contributed by atoms with Gasteiger partial charge in [0.25, 0.3) is 5.56 Å². The number of aromatic amines is 1. The molecular formula is C32H30N4O8S. The van der Waals surface area contributed by atoms with Crippen molar-refractivity contribution in [1.29, 1.82) is 0 Å². The summed E-state index contributed by atoms with van der Waals surface area (Å²) >= 11 is 0. The van der Waals surface area contributed by atoms with Gasteiger partial charge in [-0.1, -0.05) is 71.0 Å². The summed E-state index contributed by atoms with van der Waals surface area (Å²) in [5.74, 6) is -1.51. The first kappa shape index (κ1) is 31.1. The zero-order valence-electron chi connectivity index (χ0n) is 24.7. The van der Waals surface area contributed by atoms with Crippen molar-refractivity contribution in [3.05, 3.63) is 123 Å². The molecule has 12 nitrogen and oxygen atoms in total. The molecule has 3 aromatic carbocycles. The van der Waals surface area contributed by atoms with E-state index in [0.717, 1.165) is 17.4 Å². The third kappa shape index (κ3) is 6.07. The summed E-state index contributed by atoms with van der Waals surface area (Å²) in [4.78, 5) is 46.6. The van der Waals surface area contributed by atoms with E-state index in [4.69, 9.17) is 14.8 Å². The van der Waals surface area contributed by atoms with Crippen molar-refractivity contribution >= 4 is 33.0 Å². The molecule has 0 aliphatic carbocycles. The van der Waals surface area contributed by atoms with Crippen LogP contribution in [0.3, 0.4) is 0 Å². The van der Waals surface area contributed by atoms with Crippen molar-refractivity contribution in [3.8, 4) is 0 Å². The van der Waals surface area contributed by atoms with E-state index in [1.54, 1.807) is 6.92 Å². The number of nitrogens with one attached hydrogen (secondary N) is 1. The number of H-pyrrole nitrogens is 1. The van der Waals surface area contributed by atoms with Crippen molar-refractivity contribution in [2.24, 2.45) is 17.4 Å². The first-order valence-electron chi connectivity index (χ1n) is 13.9. The molecule has 6 rings (SSSR count). The molecule has 0 saturated heterocycles. The number of hydrogen-bond donors (Lipinski definition) is 2. The summed E-state index contributed by atoms with van der Waals surface area (Å²) in [7, 11) is -2.02. The van der Waals surface area contributed by atoms with Gasteiger partial charge >= 0.3 is 5.97 Å². The zero-order valence-corrected chi connectivity index (χ0v) is 25.5. The largest absolute Gasteiger partial charge is 0.477 e. The lowest BCUT2D eigenvalue weighted by molar-refractivity contribution is -0.129. The number of carbonyl (C=O) groups is 2. The molecule has 0 bridgehead atoms. The number of sulfone groups is 1. The molecule has 2 aliphatic rings. The average Bonchev–Trinajstić information content (AvgIpc) is 3.79. The highest BCUT2D eigenvalue weighted by Gasteiger charge is 2.44. The summed E-state index contributed by atoms with van der Waals surface area (Å²) in [6.45, 7) is 2.00. The lowest BCUT2D eigenvalue weighted by Crippen LogP contribution is -2.29. The molecule has 1 aromatic heterocycles. The smallest absolute Gasteiger partial charge is 0.353 e. The Kier molecular flexibility index (Phi) is 8.55. The summed E-state index contributed by atoms with van der Waals surface area (Å²) < 4.78 is 25.5. The Morgan fingerprint density at radius 3 is 2.04 bits per heavy atom. The Labute approximate surface area is 258 Å². The molecule has 4 aromatic rings. The number of rotatable bonds is 7. The van der Waals surface area contributed by atoms with Gasteiger partial charge in [0.15, 0.2) is 26.9 Å². The first-order valence-corrected chi connectivity index (χ1v) is 15.7. The van der Waals surface area contributed by atoms with Crippen LogP contribution in [0.1, 0.15) is 51.0 Å². The summed E-state index contributed by atoms with van der Waals surface area (Å²) in [5.41, 5.74) is 2.10. The number of nitrogens with zero attached hydrogens (tertiary/aromatic N) is 3. The minimum Gasteiger partial charge on any atom is -0.477 e. The van der Waals surface area contributed by atoms with Gasteiger partial charge in [0.05, 0.1) is 17.0 Å². The average molecular weight is 631 g/mol. The van der Waals surface area contributed by atoms with E-state index in [1.807, 2.05) is 60.7 Å². The van der Waals surface area contributed by atoms with E-state index in [0.29, 0.717) is 29.9 Å². The Bertz CT molecular complexity index is 1960. The van der Waals surface area contributed by atoms with Gasteiger partial charge in [0, 0.05) is 48.2 Å². The second-order valence-electron chi connectivity index (χ2n) is 10.6. The molecule has 2 N–H and O–H groups in total. The number of aromatic nitrogens is 2. The maximum absolute atomic E-state index is 12.8. The number of ketones is 1. The topological polar surface area (TPSA) is 169 Å². The maximum atomic E-state index is 12.8. The minimum atomic E-state index is -3.52. The Morgan fingerprint density at radius 2 is 1.58 bits per heavy atom. The number of aliphatic carboxylic acids is 1. The molecule has 0 amide bonds. The number of hydrogen-bond acceptors (Lipinski definition) is 9. The van der Waals surface area contributed by atoms with Gasteiger partial charge in [-0.3, -0.25) is 14.3 Å². The predicted octanol–water partition coefficient (Wildman–Crippen LogP) is 3.57. The van der Waals surface area contributed by atoms with Crippen molar-refractivity contribution in [2.45, 2.75) is 30.3 Å². The summed E-state index contributed by atoms with van der Waals surface area (Å²) in [6.07, 6.45) is 3.11. The number of benzene rings is 3. The fourth-order valence-electron chi connectivity index (χ4n) is 5.29. The summed E-state index contributed by atoms with van der Waals surface area (Å²) in [6, 6.07) is 21.9. The molecule has 0 fully saturated rings. The number of carboxylic acids is 1. The fraction of sp³-hybridized carbons (Fsp3) is 0.219. The highest BCUT2D eigenvalue weighted by atomic mass is 32.2. The van der Waals surface area contributed by atoms with E-state index in [2.05, 4.69) is 15.4 Å². The number of oxime groups is 2. The van der Waals surface area contributed by atoms with Crippen molar-refractivity contribution in [1.82, 2.24) is 9.78 Å². The van der Waals surface area contributed by atoms with Crippen molar-refractivity contribution in [3.63, 3.8) is 0 Å². The molecule has 232 valence electrons. The Morgan fingerprint density at radius 1 is 0.956 bits per heavy atom. The van der Waals surface area contributed by atoms with Crippen molar-refractivity contribution in [2.75, 3.05) is 12.9 Å². The number of carboxylic acid groups (broad SMARTS) is 1. The van der Waals surface area contributed by atoms with E-state index < -0.39 is 32.8 Å². The SMILES string of the molecule is Cc1c(C(=O)c2c[nH]n(C)c2=O)ccc(S(C)(=O)=O)c1C1=NOCC1.O=C(O)C1=NOC(c2ccccc2)(c2ccccc2)C1. The second-order valence-corrected chi connectivity index (χ2v) is 12.5. The number of carbonyl (C=O) groups excluding carboxylic acids is 1. The van der Waals surface area contributed by atoms with Gasteiger partial charge in [0.1, 0.15) is 12.2 Å². The van der Waals surface area contributed by atoms with Gasteiger partial charge in [-0.25, -0.2) is 13.2 Å². The molecule has 13 heteroatoms. The molecule has 45 heavy (non-hydrogen) atoms. The van der Waals surface area contributed by atoms with Gasteiger partial charge in [-0.2, -0.15) is 0 Å². The van der Waals surface area contributed by atoms with Crippen LogP contribution in [0.25, 0.3) is 0 Å². The van der Waals surface area contributed by atoms with Gasteiger partial charge in [0.2, 0.25) is 0 Å². The summed E-state index contributed by atoms with van der Waals surface area (Å²) in [5, 5.41) is 19.4. The van der Waals surface area contributed by atoms with Crippen LogP contribution in [0.4, 0.5) is 0 Å². The molecule has 2 aliphatic heterocycles. The van der Waals surface area contributed by atoms with E-state index >= 15 is 0 Å². The van der Waals surface area contributed by atoms with Crippen LogP contribution in [0, 0.1) is 6.92 Å². The van der Waals surface area contributed by atoms with Crippen LogP contribution in [0.15, 0.2) is 99.0 Å². The van der Waals surface area contributed by atoms with E-state index in [9.17, 15) is 22.8 Å². The van der Waals surface area contributed by atoms with E-state index in [1.165, 1.54) is 30.1 Å². The highest BCUT2D eigenvalue weighted by Crippen LogP contribution is 2.41. The lowest BCUT2D eigenvalue weighted by Gasteiger charge is -2.27. The fourth-order valence-corrected chi connectivity index (χ4v) is 6.25.